The molecular formula is C19H17F3N2O2S. The lowest BCUT2D eigenvalue weighted by atomic mass is 10.0. The lowest BCUT2D eigenvalue weighted by molar-refractivity contribution is -0.144. The highest BCUT2D eigenvalue weighted by atomic mass is 32.2. The summed E-state index contributed by atoms with van der Waals surface area (Å²) in [5, 5.41) is 0. The summed E-state index contributed by atoms with van der Waals surface area (Å²) >= 11 is 0. The van der Waals surface area contributed by atoms with Gasteiger partial charge in [-0.1, -0.05) is 43.3 Å². The number of alkyl halides is 3. The van der Waals surface area contributed by atoms with Gasteiger partial charge < -0.3 is 4.98 Å². The third-order valence-electron chi connectivity index (χ3n) is 4.18. The first-order chi connectivity index (χ1) is 12.6. The number of H-pyrrole nitrogens is 1. The van der Waals surface area contributed by atoms with E-state index in [9.17, 15) is 21.6 Å². The van der Waals surface area contributed by atoms with Gasteiger partial charge in [0.1, 0.15) is 0 Å². The summed E-state index contributed by atoms with van der Waals surface area (Å²) in [7, 11) is -3.40. The minimum absolute atomic E-state index is 0.0895. The Morgan fingerprint density at radius 3 is 2.00 bits per heavy atom. The summed E-state index contributed by atoms with van der Waals surface area (Å²) in [5.74, 6) is -1.10. The van der Waals surface area contributed by atoms with Crippen LogP contribution < -0.4 is 0 Å². The van der Waals surface area contributed by atoms with Gasteiger partial charge in [0, 0.05) is 17.4 Å². The van der Waals surface area contributed by atoms with E-state index in [1.54, 1.807) is 12.1 Å². The van der Waals surface area contributed by atoms with Crippen LogP contribution in [0.2, 0.25) is 0 Å². The normalized spacial score (nSPS) is 12.3. The van der Waals surface area contributed by atoms with Crippen molar-refractivity contribution < 1.29 is 21.6 Å². The van der Waals surface area contributed by atoms with Crippen LogP contribution in [0.4, 0.5) is 13.2 Å². The quantitative estimate of drug-likeness (QED) is 0.696. The number of imidazole rings is 1. The molecule has 142 valence electrons. The summed E-state index contributed by atoms with van der Waals surface area (Å²) in [4.78, 5) is 6.19. The van der Waals surface area contributed by atoms with E-state index in [0.29, 0.717) is 11.1 Å². The van der Waals surface area contributed by atoms with Gasteiger partial charge in [-0.05, 0) is 24.1 Å². The van der Waals surface area contributed by atoms with Crippen molar-refractivity contribution >= 4 is 9.84 Å². The van der Waals surface area contributed by atoms with E-state index in [1.165, 1.54) is 24.3 Å². The van der Waals surface area contributed by atoms with Crippen LogP contribution >= 0.6 is 0 Å². The van der Waals surface area contributed by atoms with Crippen molar-refractivity contribution in [1.82, 2.24) is 9.97 Å². The zero-order valence-electron chi connectivity index (χ0n) is 14.6. The maximum Gasteiger partial charge on any atom is 0.449 e. The predicted octanol–water partition coefficient (Wildman–Crippen LogP) is 4.73. The molecule has 0 saturated heterocycles. The molecule has 8 heteroatoms. The molecule has 0 aliphatic carbocycles. The maximum absolute atomic E-state index is 13.2. The van der Waals surface area contributed by atoms with Crippen LogP contribution in [0.3, 0.4) is 0 Å². The maximum atomic E-state index is 13.2. The number of benzene rings is 2. The van der Waals surface area contributed by atoms with Gasteiger partial charge in [-0.25, -0.2) is 13.4 Å². The van der Waals surface area contributed by atoms with Crippen molar-refractivity contribution in [2.24, 2.45) is 0 Å². The molecule has 0 fully saturated rings. The third-order valence-corrected chi connectivity index (χ3v) is 5.31. The van der Waals surface area contributed by atoms with Crippen LogP contribution in [0.1, 0.15) is 18.3 Å². The van der Waals surface area contributed by atoms with Gasteiger partial charge >= 0.3 is 6.18 Å². The molecule has 0 amide bonds. The van der Waals surface area contributed by atoms with Crippen LogP contribution in [0, 0.1) is 0 Å². The molecule has 2 aromatic carbocycles. The first kappa shape index (κ1) is 19.2. The van der Waals surface area contributed by atoms with Crippen molar-refractivity contribution in [2.45, 2.75) is 24.4 Å². The number of halogens is 3. The van der Waals surface area contributed by atoms with E-state index in [0.717, 1.165) is 18.2 Å². The Bertz CT molecular complexity index is 1050. The number of hydrogen-bond acceptors (Lipinski definition) is 3. The van der Waals surface area contributed by atoms with Crippen LogP contribution in [0.25, 0.3) is 22.5 Å². The van der Waals surface area contributed by atoms with Crippen LogP contribution in [-0.4, -0.2) is 24.6 Å². The van der Waals surface area contributed by atoms with E-state index in [4.69, 9.17) is 0 Å². The van der Waals surface area contributed by atoms with Crippen molar-refractivity contribution in [1.29, 1.82) is 0 Å². The molecule has 0 aliphatic rings. The molecule has 0 atom stereocenters. The molecule has 1 aromatic heterocycles. The average molecular weight is 394 g/mol. The molecule has 3 rings (SSSR count). The van der Waals surface area contributed by atoms with Crippen molar-refractivity contribution in [3.8, 4) is 22.5 Å². The Labute approximate surface area is 155 Å². The second-order valence-corrected chi connectivity index (χ2v) is 8.17. The van der Waals surface area contributed by atoms with Crippen LogP contribution in [0.5, 0.6) is 0 Å². The SMILES string of the molecule is CCc1ccc(-c2[nH]c(C(F)(F)F)nc2-c2ccc(S(C)(=O)=O)cc2)cc1. The van der Waals surface area contributed by atoms with Crippen LogP contribution in [0.15, 0.2) is 53.4 Å². The van der Waals surface area contributed by atoms with Gasteiger partial charge in [-0.3, -0.25) is 0 Å². The van der Waals surface area contributed by atoms with Gasteiger partial charge in [0.2, 0.25) is 5.82 Å². The number of hydrogen-bond donors (Lipinski definition) is 1. The second kappa shape index (κ2) is 6.84. The van der Waals surface area contributed by atoms with Gasteiger partial charge in [-0.15, -0.1) is 0 Å². The predicted molar refractivity (Wildman–Crippen MR) is 96.9 cm³/mol. The zero-order valence-corrected chi connectivity index (χ0v) is 15.4. The lowest BCUT2D eigenvalue weighted by Gasteiger charge is -2.05. The molecule has 0 spiro atoms. The summed E-state index contributed by atoms with van der Waals surface area (Å²) < 4.78 is 62.7. The second-order valence-electron chi connectivity index (χ2n) is 6.15. The van der Waals surface area contributed by atoms with Gasteiger partial charge in [-0.2, -0.15) is 13.2 Å². The molecule has 4 nitrogen and oxygen atoms in total. The Hall–Kier alpha value is -2.61. The largest absolute Gasteiger partial charge is 0.449 e. The van der Waals surface area contributed by atoms with E-state index in [1.807, 2.05) is 19.1 Å². The van der Waals surface area contributed by atoms with Crippen molar-refractivity contribution in [2.75, 3.05) is 6.26 Å². The number of aromatic nitrogens is 2. The fourth-order valence-corrected chi connectivity index (χ4v) is 3.32. The number of aryl methyl sites for hydroxylation is 1. The highest BCUT2D eigenvalue weighted by Crippen LogP contribution is 2.36. The molecular weight excluding hydrogens is 377 g/mol. The number of sulfone groups is 1. The summed E-state index contributed by atoms with van der Waals surface area (Å²) in [5.41, 5.74) is 2.37. The fourth-order valence-electron chi connectivity index (χ4n) is 2.69. The number of aromatic amines is 1. The van der Waals surface area contributed by atoms with Gasteiger partial charge in [0.25, 0.3) is 0 Å². The third kappa shape index (κ3) is 4.05. The minimum atomic E-state index is -4.62. The number of nitrogens with one attached hydrogen (secondary N) is 1. The number of nitrogens with zero attached hydrogens (tertiary/aromatic N) is 1. The Kier molecular flexibility index (Phi) is 4.86. The minimum Gasteiger partial charge on any atom is -0.334 e. The first-order valence-corrected chi connectivity index (χ1v) is 10.1. The molecule has 1 N–H and O–H groups in total. The van der Waals surface area contributed by atoms with E-state index in [-0.39, 0.29) is 16.3 Å². The standard InChI is InChI=1S/C19H17F3N2O2S/c1-3-12-4-6-13(7-5-12)16-17(24-18(23-16)19(20,21)22)14-8-10-15(11-9-14)27(2,25)26/h4-11H,3H2,1-2H3,(H,23,24). The smallest absolute Gasteiger partial charge is 0.334 e. The van der Waals surface area contributed by atoms with E-state index in [2.05, 4.69) is 9.97 Å². The van der Waals surface area contributed by atoms with Crippen molar-refractivity contribution in [3.05, 3.63) is 59.9 Å². The molecule has 0 bridgehead atoms. The van der Waals surface area contributed by atoms with Crippen LogP contribution in [-0.2, 0) is 22.4 Å². The Balaban J connectivity index is 2.14. The van der Waals surface area contributed by atoms with E-state index < -0.39 is 21.8 Å². The molecule has 0 aliphatic heterocycles. The molecule has 27 heavy (non-hydrogen) atoms. The van der Waals surface area contributed by atoms with Crippen molar-refractivity contribution in [3.63, 3.8) is 0 Å². The van der Waals surface area contributed by atoms with Gasteiger partial charge in [0.05, 0.1) is 16.3 Å². The fraction of sp³-hybridized carbons (Fsp3) is 0.211. The zero-order chi connectivity index (χ0) is 19.8. The molecule has 0 unspecified atom stereocenters. The monoisotopic (exact) mass is 394 g/mol. The van der Waals surface area contributed by atoms with Gasteiger partial charge in [0.15, 0.2) is 9.84 Å². The van der Waals surface area contributed by atoms with E-state index >= 15 is 0 Å². The summed E-state index contributed by atoms with van der Waals surface area (Å²) in [6.07, 6.45) is -2.74. The Morgan fingerprint density at radius 2 is 1.52 bits per heavy atom. The summed E-state index contributed by atoms with van der Waals surface area (Å²) in [6.45, 7) is 1.99. The highest BCUT2D eigenvalue weighted by Gasteiger charge is 2.36. The average Bonchev–Trinajstić information content (AvgIpc) is 3.07. The molecule has 0 radical (unpaired) electrons. The Morgan fingerprint density at radius 1 is 0.963 bits per heavy atom. The number of rotatable bonds is 4. The molecule has 3 aromatic rings. The summed E-state index contributed by atoms with van der Waals surface area (Å²) in [6, 6.07) is 12.8. The first-order valence-electron chi connectivity index (χ1n) is 8.16. The highest BCUT2D eigenvalue weighted by molar-refractivity contribution is 7.90. The molecule has 1 heterocycles. The molecule has 0 saturated carbocycles. The lowest BCUT2D eigenvalue weighted by Crippen LogP contribution is -2.07. The topological polar surface area (TPSA) is 62.8 Å².